The first-order valence-electron chi connectivity index (χ1n) is 9.94. The van der Waals surface area contributed by atoms with Gasteiger partial charge in [0.25, 0.3) is 5.91 Å². The molecule has 0 radical (unpaired) electrons. The number of carbonyl (C=O) groups excluding carboxylic acids is 1. The second-order valence-corrected chi connectivity index (χ2v) is 6.91. The molecule has 0 aliphatic carbocycles. The molecule has 0 bridgehead atoms. The molecule has 1 amide bonds. The van der Waals surface area contributed by atoms with Gasteiger partial charge in [-0.15, -0.1) is 0 Å². The summed E-state index contributed by atoms with van der Waals surface area (Å²) < 4.78 is 8.06. The average molecular weight is 422 g/mol. The van der Waals surface area contributed by atoms with Gasteiger partial charge in [0.15, 0.2) is 0 Å². The molecular weight excluding hydrogens is 396 g/mol. The first kappa shape index (κ1) is 22.0. The number of amides is 1. The minimum atomic E-state index is -0.291. The highest BCUT2D eigenvalue weighted by molar-refractivity contribution is 5.95. The number of hydrogen-bond acceptors (Lipinski definition) is 5. The van der Waals surface area contributed by atoms with Crippen LogP contribution in [-0.4, -0.2) is 57.8 Å². The van der Waals surface area contributed by atoms with Gasteiger partial charge in [-0.2, -0.15) is 5.10 Å². The van der Waals surface area contributed by atoms with Gasteiger partial charge in [-0.25, -0.2) is 14.5 Å². The molecule has 31 heavy (non-hydrogen) atoms. The van der Waals surface area contributed by atoms with Gasteiger partial charge >= 0.3 is 5.69 Å². The van der Waals surface area contributed by atoms with E-state index < -0.39 is 0 Å². The molecule has 9 heteroatoms. The van der Waals surface area contributed by atoms with Gasteiger partial charge in [0.2, 0.25) is 0 Å². The Morgan fingerprint density at radius 2 is 2.06 bits per heavy atom. The van der Waals surface area contributed by atoms with Crippen LogP contribution >= 0.6 is 0 Å². The van der Waals surface area contributed by atoms with E-state index in [4.69, 9.17) is 10.5 Å². The lowest BCUT2D eigenvalue weighted by Crippen LogP contribution is -2.41. The second kappa shape index (κ2) is 10.9. The molecule has 0 atom stereocenters. The molecule has 1 saturated heterocycles. The van der Waals surface area contributed by atoms with Crippen LogP contribution in [0.3, 0.4) is 0 Å². The summed E-state index contributed by atoms with van der Waals surface area (Å²) in [6.45, 7) is 4.30. The summed E-state index contributed by atoms with van der Waals surface area (Å²) in [6.07, 6.45) is 11.2. The summed E-state index contributed by atoms with van der Waals surface area (Å²) in [5.41, 5.74) is 7.12. The molecule has 162 valence electrons. The maximum Gasteiger partial charge on any atom is 0.350 e. The minimum absolute atomic E-state index is 0.0564. The fourth-order valence-electron chi connectivity index (χ4n) is 3.07. The molecule has 1 aliphatic rings. The van der Waals surface area contributed by atoms with E-state index in [9.17, 15) is 9.59 Å². The summed E-state index contributed by atoms with van der Waals surface area (Å²) in [6, 6.07) is 7.30. The standard InChI is InChI=1S/C22H26N6O3/c1-18(5-4-9-24-16-23)8-10-27-17-25-28(22(27)30)15-19-6-2-3-7-20(19)21(29)26-11-13-31-14-12-26/h2-10,16-17H,11-15H2,1H3,(H2,23,24)/b9-4+,10-8+,18-5-. The van der Waals surface area contributed by atoms with Crippen molar-refractivity contribution in [3.8, 4) is 0 Å². The van der Waals surface area contributed by atoms with E-state index in [1.807, 2.05) is 31.2 Å². The first-order valence-corrected chi connectivity index (χ1v) is 9.94. The Hall–Kier alpha value is -3.72. The second-order valence-electron chi connectivity index (χ2n) is 6.91. The molecule has 3 rings (SSSR count). The Kier molecular flexibility index (Phi) is 7.72. The first-order chi connectivity index (χ1) is 15.1. The smallest absolute Gasteiger partial charge is 0.350 e. The fraction of sp³-hybridized carbons (Fsp3) is 0.273. The third-order valence-electron chi connectivity index (χ3n) is 4.74. The summed E-state index contributed by atoms with van der Waals surface area (Å²) in [4.78, 5) is 31.2. The number of morpholine rings is 1. The van der Waals surface area contributed by atoms with Gasteiger partial charge in [-0.1, -0.05) is 24.3 Å². The molecule has 0 spiro atoms. The van der Waals surface area contributed by atoms with Crippen molar-refractivity contribution in [2.75, 3.05) is 26.3 Å². The number of rotatable bonds is 7. The number of aliphatic imine (C=N–C) groups is 1. The lowest BCUT2D eigenvalue weighted by Gasteiger charge is -2.27. The summed E-state index contributed by atoms with van der Waals surface area (Å²) in [5, 5.41) is 4.19. The zero-order chi connectivity index (χ0) is 22.1. The Morgan fingerprint density at radius 3 is 2.84 bits per heavy atom. The highest BCUT2D eigenvalue weighted by atomic mass is 16.5. The molecule has 1 aromatic carbocycles. The molecule has 2 aromatic rings. The SMILES string of the molecule is CC(=C/C=C/N=CN)/C=C/n1cnn(Cc2ccccc2C(=O)N2CCOCC2)c1=O. The molecule has 2 heterocycles. The van der Waals surface area contributed by atoms with Crippen LogP contribution in [-0.2, 0) is 11.3 Å². The van der Waals surface area contributed by atoms with Crippen LogP contribution in [0.5, 0.6) is 0 Å². The zero-order valence-corrected chi connectivity index (χ0v) is 17.4. The third kappa shape index (κ3) is 5.89. The van der Waals surface area contributed by atoms with Crippen LogP contribution < -0.4 is 11.4 Å². The lowest BCUT2D eigenvalue weighted by molar-refractivity contribution is 0.0302. The van der Waals surface area contributed by atoms with Crippen molar-refractivity contribution in [3.63, 3.8) is 0 Å². The number of ether oxygens (including phenoxy) is 1. The number of carbonyl (C=O) groups is 1. The molecule has 1 aliphatic heterocycles. The van der Waals surface area contributed by atoms with E-state index in [-0.39, 0.29) is 18.1 Å². The van der Waals surface area contributed by atoms with Crippen LogP contribution in [0, 0.1) is 0 Å². The predicted molar refractivity (Wildman–Crippen MR) is 120 cm³/mol. The number of nitrogens with two attached hydrogens (primary N) is 1. The van der Waals surface area contributed by atoms with E-state index in [1.54, 1.807) is 35.5 Å². The normalized spacial score (nSPS) is 15.5. The predicted octanol–water partition coefficient (Wildman–Crippen LogP) is 1.48. The monoisotopic (exact) mass is 422 g/mol. The van der Waals surface area contributed by atoms with Crippen molar-refractivity contribution < 1.29 is 9.53 Å². The highest BCUT2D eigenvalue weighted by Crippen LogP contribution is 2.14. The summed E-state index contributed by atoms with van der Waals surface area (Å²) in [5.74, 6) is -0.0564. The zero-order valence-electron chi connectivity index (χ0n) is 17.4. The molecule has 1 fully saturated rings. The number of allylic oxidation sites excluding steroid dienone is 4. The van der Waals surface area contributed by atoms with E-state index >= 15 is 0 Å². The average Bonchev–Trinajstić information content (AvgIpc) is 3.15. The van der Waals surface area contributed by atoms with Crippen LogP contribution in [0.15, 0.2) is 70.4 Å². The van der Waals surface area contributed by atoms with Crippen molar-refractivity contribution in [2.45, 2.75) is 13.5 Å². The van der Waals surface area contributed by atoms with E-state index in [1.165, 1.54) is 21.9 Å². The van der Waals surface area contributed by atoms with Gasteiger partial charge in [0, 0.05) is 31.1 Å². The highest BCUT2D eigenvalue weighted by Gasteiger charge is 2.21. The number of nitrogens with zero attached hydrogens (tertiary/aromatic N) is 5. The third-order valence-corrected chi connectivity index (χ3v) is 4.74. The van der Waals surface area contributed by atoms with Gasteiger partial charge in [0.1, 0.15) is 6.33 Å². The van der Waals surface area contributed by atoms with Crippen LogP contribution in [0.1, 0.15) is 22.8 Å². The van der Waals surface area contributed by atoms with Crippen molar-refractivity contribution >= 4 is 18.4 Å². The number of aromatic nitrogens is 3. The molecule has 0 unspecified atom stereocenters. The molecular formula is C22H26N6O3. The van der Waals surface area contributed by atoms with Gasteiger partial charge < -0.3 is 15.4 Å². The maximum absolute atomic E-state index is 12.9. The quantitative estimate of drug-likeness (QED) is 0.413. The van der Waals surface area contributed by atoms with E-state index in [2.05, 4.69) is 10.1 Å². The van der Waals surface area contributed by atoms with E-state index in [0.717, 1.165) is 11.1 Å². The molecule has 0 saturated carbocycles. The topological polar surface area (TPSA) is 108 Å². The summed E-state index contributed by atoms with van der Waals surface area (Å²) in [7, 11) is 0. The Bertz CT molecular complexity index is 1070. The van der Waals surface area contributed by atoms with Crippen molar-refractivity contribution in [2.24, 2.45) is 10.7 Å². The minimum Gasteiger partial charge on any atom is -0.390 e. The molecule has 2 N–H and O–H groups in total. The van der Waals surface area contributed by atoms with Crippen LogP contribution in [0.4, 0.5) is 0 Å². The Morgan fingerprint density at radius 1 is 1.29 bits per heavy atom. The van der Waals surface area contributed by atoms with Gasteiger partial charge in [-0.3, -0.25) is 9.36 Å². The van der Waals surface area contributed by atoms with Crippen molar-refractivity contribution in [1.82, 2.24) is 19.2 Å². The van der Waals surface area contributed by atoms with Crippen LogP contribution in [0.25, 0.3) is 6.20 Å². The largest absolute Gasteiger partial charge is 0.390 e. The number of hydrogen-bond donors (Lipinski definition) is 1. The van der Waals surface area contributed by atoms with Crippen molar-refractivity contribution in [3.05, 3.63) is 82.2 Å². The maximum atomic E-state index is 12.9. The van der Waals surface area contributed by atoms with Crippen molar-refractivity contribution in [1.29, 1.82) is 0 Å². The molecule has 9 nitrogen and oxygen atoms in total. The van der Waals surface area contributed by atoms with E-state index in [0.29, 0.717) is 31.9 Å². The Balaban J connectivity index is 1.75. The van der Waals surface area contributed by atoms with Gasteiger partial charge in [0.05, 0.1) is 26.1 Å². The number of benzene rings is 1. The van der Waals surface area contributed by atoms with Gasteiger partial charge in [-0.05, 0) is 36.3 Å². The summed E-state index contributed by atoms with van der Waals surface area (Å²) >= 11 is 0. The van der Waals surface area contributed by atoms with Crippen LogP contribution in [0.2, 0.25) is 0 Å². The lowest BCUT2D eigenvalue weighted by atomic mass is 10.1. The fourth-order valence-corrected chi connectivity index (χ4v) is 3.07. The molecule has 1 aromatic heterocycles. The Labute approximate surface area is 180 Å².